The van der Waals surface area contributed by atoms with Crippen LogP contribution in [-0.4, -0.2) is 76.4 Å². The van der Waals surface area contributed by atoms with E-state index < -0.39 is 67.9 Å². The predicted molar refractivity (Wildman–Crippen MR) is 195 cm³/mol. The van der Waals surface area contributed by atoms with E-state index in [4.69, 9.17) is 9.15 Å². The molecule has 4 heterocycles. The molecule has 1 saturated heterocycles. The zero-order valence-electron chi connectivity index (χ0n) is 30.1. The van der Waals surface area contributed by atoms with Gasteiger partial charge in [-0.15, -0.1) is 0 Å². The number of Topliss-reactive ketones (excluding diaryl/α,β-unsaturated/α-hetero) is 1. The van der Waals surface area contributed by atoms with Gasteiger partial charge in [-0.25, -0.2) is 17.6 Å². The summed E-state index contributed by atoms with van der Waals surface area (Å²) in [5.74, 6) is -2.30. The molecule has 0 unspecified atom stereocenters. The molecule has 2 aliphatic carbocycles. The third kappa shape index (κ3) is 6.86. The van der Waals surface area contributed by atoms with Gasteiger partial charge in [0.25, 0.3) is 6.01 Å². The maximum absolute atomic E-state index is 14.6. The lowest BCUT2D eigenvalue weighted by atomic mass is 9.91. The summed E-state index contributed by atoms with van der Waals surface area (Å²) in [4.78, 5) is 63.7. The molecule has 286 valence electrons. The zero-order valence-corrected chi connectivity index (χ0v) is 30.9. The molecule has 8 rings (SSSR count). The van der Waals surface area contributed by atoms with Crippen molar-refractivity contribution in [3.63, 3.8) is 0 Å². The van der Waals surface area contributed by atoms with Crippen molar-refractivity contribution >= 4 is 50.8 Å². The number of aromatic nitrogens is 1. The van der Waals surface area contributed by atoms with Gasteiger partial charge in [0, 0.05) is 24.9 Å². The van der Waals surface area contributed by atoms with Gasteiger partial charge in [0.2, 0.25) is 21.8 Å². The molecule has 3 amide bonds. The van der Waals surface area contributed by atoms with Crippen molar-refractivity contribution in [2.75, 3.05) is 11.9 Å². The number of sulfonamides is 1. The van der Waals surface area contributed by atoms with Crippen molar-refractivity contribution in [1.82, 2.24) is 19.5 Å². The number of hydrogen-bond acceptors (Lipinski definition) is 10. The number of rotatable bonds is 6. The summed E-state index contributed by atoms with van der Waals surface area (Å²) >= 11 is 0. The van der Waals surface area contributed by atoms with E-state index in [1.54, 1.807) is 31.2 Å². The van der Waals surface area contributed by atoms with E-state index >= 15 is 0 Å². The van der Waals surface area contributed by atoms with Gasteiger partial charge in [-0.05, 0) is 75.1 Å². The number of oxazole rings is 1. The molecule has 0 radical (unpaired) electrons. The molecular formula is C39H44FN5O8S. The first-order valence-corrected chi connectivity index (χ1v) is 20.2. The second-order valence-electron chi connectivity index (χ2n) is 15.7. The highest BCUT2D eigenvalue weighted by Gasteiger charge is 2.62. The van der Waals surface area contributed by atoms with Crippen molar-refractivity contribution in [1.29, 1.82) is 0 Å². The van der Waals surface area contributed by atoms with Crippen LogP contribution < -0.4 is 10.0 Å². The van der Waals surface area contributed by atoms with Crippen LogP contribution in [0.3, 0.4) is 0 Å². The number of anilines is 1. The summed E-state index contributed by atoms with van der Waals surface area (Å²) in [5, 5.41) is 3.17. The highest BCUT2D eigenvalue weighted by Crippen LogP contribution is 2.57. The minimum absolute atomic E-state index is 0.0182. The Morgan fingerprint density at radius 2 is 1.87 bits per heavy atom. The zero-order chi connectivity index (χ0) is 37.8. The average Bonchev–Trinajstić information content (AvgIpc) is 3.81. The first-order valence-electron chi connectivity index (χ1n) is 18.8. The second kappa shape index (κ2) is 13.8. The molecule has 13 nitrogen and oxygen atoms in total. The number of fused-ring (bicyclic) bond motifs is 4. The Hall–Kier alpha value is -4.79. The van der Waals surface area contributed by atoms with Crippen LogP contribution >= 0.6 is 0 Å². The van der Waals surface area contributed by atoms with Crippen molar-refractivity contribution in [3.8, 4) is 0 Å². The fourth-order valence-corrected chi connectivity index (χ4v) is 9.43. The Balaban J connectivity index is 1.07. The van der Waals surface area contributed by atoms with Gasteiger partial charge in [-0.2, -0.15) is 4.98 Å². The van der Waals surface area contributed by atoms with Crippen molar-refractivity contribution in [3.05, 3.63) is 71.6 Å². The molecule has 54 heavy (non-hydrogen) atoms. The fourth-order valence-electron chi connectivity index (χ4n) is 8.10. The van der Waals surface area contributed by atoms with E-state index in [9.17, 15) is 32.0 Å². The minimum Gasteiger partial charge on any atom is -0.444 e. The first kappa shape index (κ1) is 36.2. The smallest absolute Gasteiger partial charge is 0.410 e. The van der Waals surface area contributed by atoms with Gasteiger partial charge in [-0.3, -0.25) is 24.0 Å². The molecular weight excluding hydrogens is 718 g/mol. The number of nitrogens with zero attached hydrogens (tertiary/aromatic N) is 3. The van der Waals surface area contributed by atoms with Gasteiger partial charge in [0.15, 0.2) is 11.4 Å². The fraction of sp³-hybridized carbons (Fsp3) is 0.513. The van der Waals surface area contributed by atoms with Crippen LogP contribution in [0, 0.1) is 17.2 Å². The minimum atomic E-state index is -3.96. The van der Waals surface area contributed by atoms with Gasteiger partial charge >= 0.3 is 6.09 Å². The standard InChI is InChI=1S/C39H44FN5O8S/c1-38(16-17-38)54(50,51)43-35(48)39-19-25(39)11-5-3-2-4-6-14-30(42-36-41-29-13-7-8-15-33(29)53-36)34(47)45-22-26(18-31(45)32(46)20-39)52-37(49)44-21-24-10-9-12-28(40)27(24)23-44/h5,7-13,15,25-26,30-31H,2-4,6,14,16-23H2,1H3,(H,41,42)(H,43,48)/b11-5-/t25-,26+,30-,31-,39+/m0/s1. The molecule has 15 heteroatoms. The van der Waals surface area contributed by atoms with Gasteiger partial charge < -0.3 is 19.4 Å². The Morgan fingerprint density at radius 3 is 2.65 bits per heavy atom. The topological polar surface area (TPSA) is 168 Å². The maximum Gasteiger partial charge on any atom is 0.410 e. The predicted octanol–water partition coefficient (Wildman–Crippen LogP) is 5.35. The quantitative estimate of drug-likeness (QED) is 0.313. The monoisotopic (exact) mass is 761 g/mol. The molecule has 2 N–H and O–H groups in total. The van der Waals surface area contributed by atoms with Crippen molar-refractivity contribution < 1.29 is 41.1 Å². The number of benzene rings is 2. The van der Waals surface area contributed by atoms with Gasteiger partial charge in [0.1, 0.15) is 23.5 Å². The van der Waals surface area contributed by atoms with E-state index in [0.717, 1.165) is 19.3 Å². The van der Waals surface area contributed by atoms with Crippen molar-refractivity contribution in [2.24, 2.45) is 11.3 Å². The number of ketones is 1. The van der Waals surface area contributed by atoms with Crippen LogP contribution in [0.2, 0.25) is 0 Å². The summed E-state index contributed by atoms with van der Waals surface area (Å²) in [6.07, 6.45) is 6.65. The van der Waals surface area contributed by atoms with Gasteiger partial charge in [-0.1, -0.05) is 49.3 Å². The molecule has 3 fully saturated rings. The number of nitrogens with one attached hydrogen (secondary N) is 2. The summed E-state index contributed by atoms with van der Waals surface area (Å²) in [6, 6.07) is 10.2. The maximum atomic E-state index is 14.6. The summed E-state index contributed by atoms with van der Waals surface area (Å²) in [6.45, 7) is 1.70. The van der Waals surface area contributed by atoms with Crippen LogP contribution in [-0.2, 0) is 42.2 Å². The molecule has 1 aromatic heterocycles. The Labute approximate surface area is 312 Å². The van der Waals surface area contributed by atoms with Crippen molar-refractivity contribution in [2.45, 2.75) is 107 Å². The Bertz CT molecular complexity index is 2120. The molecule has 0 bridgehead atoms. The van der Waals surface area contributed by atoms with Crippen LogP contribution in [0.5, 0.6) is 0 Å². The Morgan fingerprint density at radius 1 is 1.06 bits per heavy atom. The first-order chi connectivity index (χ1) is 25.9. The summed E-state index contributed by atoms with van der Waals surface area (Å²) in [5.41, 5.74) is 0.959. The van der Waals surface area contributed by atoms with Crippen LogP contribution in [0.15, 0.2) is 59.0 Å². The molecule has 0 spiro atoms. The van der Waals surface area contributed by atoms with E-state index in [0.29, 0.717) is 54.3 Å². The average molecular weight is 762 g/mol. The molecule has 3 aliphatic heterocycles. The highest BCUT2D eigenvalue weighted by molar-refractivity contribution is 7.91. The number of para-hydroxylation sites is 2. The third-order valence-electron chi connectivity index (χ3n) is 11.9. The number of carbonyl (C=O) groups excluding carboxylic acids is 4. The number of allylic oxidation sites excluding steroid dienone is 2. The lowest BCUT2D eigenvalue weighted by Gasteiger charge is -2.29. The third-order valence-corrected chi connectivity index (χ3v) is 14.1. The van der Waals surface area contributed by atoms with Gasteiger partial charge in [0.05, 0.1) is 29.3 Å². The van der Waals surface area contributed by atoms with E-state index in [1.807, 2.05) is 24.3 Å². The lowest BCUT2D eigenvalue weighted by molar-refractivity contribution is -0.139. The summed E-state index contributed by atoms with van der Waals surface area (Å²) in [7, 11) is -3.96. The SMILES string of the molecule is CC1(S(=O)(=O)NC(=O)[C@]23CC(=O)[C@@H]4C[C@@H](OC(=O)N5Cc6cccc(F)c6C5)CN4C(=O)[C@@H](Nc4nc5ccccc5o4)CCCCC/C=C\[C@H]2C3)CC1. The normalized spacial score (nSPS) is 28.6. The molecule has 2 aromatic carbocycles. The summed E-state index contributed by atoms with van der Waals surface area (Å²) < 4.78 is 53.9. The number of ether oxygens (including phenoxy) is 1. The molecule has 3 aromatic rings. The van der Waals surface area contributed by atoms with Crippen LogP contribution in [0.4, 0.5) is 15.2 Å². The van der Waals surface area contributed by atoms with E-state index in [-0.39, 0.29) is 44.4 Å². The number of halogens is 1. The lowest BCUT2D eigenvalue weighted by Crippen LogP contribution is -2.49. The van der Waals surface area contributed by atoms with Crippen LogP contribution in [0.1, 0.15) is 82.3 Å². The highest BCUT2D eigenvalue weighted by atomic mass is 32.2. The Kier molecular flexibility index (Phi) is 9.26. The molecule has 5 aliphatic rings. The molecule has 2 saturated carbocycles. The molecule has 5 atom stereocenters. The largest absolute Gasteiger partial charge is 0.444 e. The second-order valence-corrected chi connectivity index (χ2v) is 17.9. The number of amides is 3. The van der Waals surface area contributed by atoms with E-state index in [2.05, 4.69) is 15.0 Å². The number of hydrogen-bond donors (Lipinski definition) is 2. The van der Waals surface area contributed by atoms with Crippen LogP contribution in [0.25, 0.3) is 11.1 Å². The number of carbonyl (C=O) groups is 4. The van der Waals surface area contributed by atoms with E-state index in [1.165, 1.54) is 15.9 Å².